The quantitative estimate of drug-likeness (QED) is 0.805. The van der Waals surface area contributed by atoms with E-state index in [1.807, 2.05) is 6.92 Å². The number of anilines is 1. The van der Waals surface area contributed by atoms with Gasteiger partial charge >= 0.3 is 0 Å². The number of halogens is 1. The number of nitrogens with zero attached hydrogens (tertiary/aromatic N) is 1. The van der Waals surface area contributed by atoms with Crippen LogP contribution in [0.5, 0.6) is 0 Å². The molecule has 1 amide bonds. The summed E-state index contributed by atoms with van der Waals surface area (Å²) in [5.41, 5.74) is 0. The van der Waals surface area contributed by atoms with Crippen LogP contribution in [0.15, 0.2) is 18.3 Å². The standard InChI is InChI=1S/C10H14ClN3O/c1-2-5-12-9(15)7-14-10-8(11)4-3-6-13-10/h3-4,6H,2,5,7H2,1H3,(H,12,15)(H,13,14). The van der Waals surface area contributed by atoms with Crippen molar-refractivity contribution < 1.29 is 4.79 Å². The molecule has 0 aromatic carbocycles. The molecule has 1 aromatic heterocycles. The van der Waals surface area contributed by atoms with Crippen LogP contribution in [0.1, 0.15) is 13.3 Å². The lowest BCUT2D eigenvalue weighted by molar-refractivity contribution is -0.119. The van der Waals surface area contributed by atoms with Crippen LogP contribution in [0.3, 0.4) is 0 Å². The minimum absolute atomic E-state index is 0.0569. The van der Waals surface area contributed by atoms with Crippen molar-refractivity contribution in [3.8, 4) is 0 Å². The number of hydrogen-bond acceptors (Lipinski definition) is 3. The van der Waals surface area contributed by atoms with E-state index < -0.39 is 0 Å². The average molecular weight is 228 g/mol. The highest BCUT2D eigenvalue weighted by atomic mass is 35.5. The molecule has 0 saturated heterocycles. The normalized spacial score (nSPS) is 9.73. The van der Waals surface area contributed by atoms with Crippen molar-refractivity contribution in [1.82, 2.24) is 10.3 Å². The molecule has 0 radical (unpaired) electrons. The summed E-state index contributed by atoms with van der Waals surface area (Å²) >= 11 is 5.86. The summed E-state index contributed by atoms with van der Waals surface area (Å²) in [4.78, 5) is 15.2. The number of hydrogen-bond donors (Lipinski definition) is 2. The molecule has 0 fully saturated rings. The Kier molecular flexibility index (Phi) is 4.90. The second kappa shape index (κ2) is 6.24. The van der Waals surface area contributed by atoms with Crippen molar-refractivity contribution >= 4 is 23.3 Å². The van der Waals surface area contributed by atoms with Crippen LogP contribution in [0.25, 0.3) is 0 Å². The van der Waals surface area contributed by atoms with E-state index in [0.717, 1.165) is 6.42 Å². The molecule has 0 aliphatic heterocycles. The predicted molar refractivity (Wildman–Crippen MR) is 61.0 cm³/mol. The number of nitrogens with one attached hydrogen (secondary N) is 2. The van der Waals surface area contributed by atoms with E-state index in [0.29, 0.717) is 17.4 Å². The van der Waals surface area contributed by atoms with E-state index in [-0.39, 0.29) is 12.5 Å². The van der Waals surface area contributed by atoms with Gasteiger partial charge in [-0.05, 0) is 18.6 Å². The molecule has 15 heavy (non-hydrogen) atoms. The number of amides is 1. The fraction of sp³-hybridized carbons (Fsp3) is 0.400. The summed E-state index contributed by atoms with van der Waals surface area (Å²) in [6, 6.07) is 3.46. The largest absolute Gasteiger partial charge is 0.360 e. The number of rotatable bonds is 5. The highest BCUT2D eigenvalue weighted by molar-refractivity contribution is 6.32. The first-order valence-electron chi connectivity index (χ1n) is 4.85. The lowest BCUT2D eigenvalue weighted by Crippen LogP contribution is -2.30. The number of aromatic nitrogens is 1. The molecule has 4 nitrogen and oxygen atoms in total. The fourth-order valence-electron chi connectivity index (χ4n) is 1.01. The van der Waals surface area contributed by atoms with E-state index >= 15 is 0 Å². The molecule has 0 aliphatic carbocycles. The molecule has 82 valence electrons. The summed E-state index contributed by atoms with van der Waals surface area (Å²) in [6.45, 7) is 2.89. The van der Waals surface area contributed by atoms with Crippen molar-refractivity contribution in [3.63, 3.8) is 0 Å². The Bertz CT molecular complexity index is 330. The van der Waals surface area contributed by atoms with Gasteiger partial charge in [-0.15, -0.1) is 0 Å². The first-order valence-corrected chi connectivity index (χ1v) is 5.23. The SMILES string of the molecule is CCCNC(=O)CNc1ncccc1Cl. The molecular formula is C10H14ClN3O. The molecule has 0 unspecified atom stereocenters. The Balaban J connectivity index is 2.37. The Morgan fingerprint density at radius 1 is 1.60 bits per heavy atom. The molecular weight excluding hydrogens is 214 g/mol. The lowest BCUT2D eigenvalue weighted by atomic mass is 10.4. The summed E-state index contributed by atoms with van der Waals surface area (Å²) in [5.74, 6) is 0.476. The van der Waals surface area contributed by atoms with Crippen LogP contribution in [0.4, 0.5) is 5.82 Å². The van der Waals surface area contributed by atoms with Crippen LogP contribution >= 0.6 is 11.6 Å². The number of carbonyl (C=O) groups is 1. The number of pyridine rings is 1. The van der Waals surface area contributed by atoms with Crippen LogP contribution < -0.4 is 10.6 Å². The van der Waals surface area contributed by atoms with Crippen molar-refractivity contribution in [2.24, 2.45) is 0 Å². The molecule has 0 saturated carbocycles. The van der Waals surface area contributed by atoms with Gasteiger partial charge in [0.1, 0.15) is 5.82 Å². The fourth-order valence-corrected chi connectivity index (χ4v) is 1.20. The van der Waals surface area contributed by atoms with E-state index in [4.69, 9.17) is 11.6 Å². The van der Waals surface area contributed by atoms with Crippen LogP contribution in [-0.4, -0.2) is 24.0 Å². The maximum absolute atomic E-state index is 11.2. The molecule has 1 aromatic rings. The predicted octanol–water partition coefficient (Wildman–Crippen LogP) is 1.67. The van der Waals surface area contributed by atoms with Crippen molar-refractivity contribution in [2.45, 2.75) is 13.3 Å². The van der Waals surface area contributed by atoms with Gasteiger partial charge in [0, 0.05) is 12.7 Å². The summed E-state index contributed by atoms with van der Waals surface area (Å²) in [5, 5.41) is 6.13. The monoisotopic (exact) mass is 227 g/mol. The third-order valence-electron chi connectivity index (χ3n) is 1.75. The van der Waals surface area contributed by atoms with E-state index in [1.165, 1.54) is 0 Å². The van der Waals surface area contributed by atoms with Gasteiger partial charge in [-0.2, -0.15) is 0 Å². The molecule has 1 heterocycles. The molecule has 0 atom stereocenters. The van der Waals surface area contributed by atoms with Gasteiger partial charge in [0.2, 0.25) is 5.91 Å². The number of carbonyl (C=O) groups excluding carboxylic acids is 1. The minimum Gasteiger partial charge on any atom is -0.360 e. The van der Waals surface area contributed by atoms with Crippen LogP contribution in [0, 0.1) is 0 Å². The second-order valence-corrected chi connectivity index (χ2v) is 3.44. The maximum Gasteiger partial charge on any atom is 0.239 e. The lowest BCUT2D eigenvalue weighted by Gasteiger charge is -2.06. The Morgan fingerprint density at radius 3 is 3.07 bits per heavy atom. The van der Waals surface area contributed by atoms with Crippen molar-refractivity contribution in [2.75, 3.05) is 18.4 Å². The molecule has 0 aliphatic rings. The van der Waals surface area contributed by atoms with Gasteiger partial charge in [0.05, 0.1) is 11.6 Å². The van der Waals surface area contributed by atoms with Crippen LogP contribution in [-0.2, 0) is 4.79 Å². The third-order valence-corrected chi connectivity index (χ3v) is 2.05. The van der Waals surface area contributed by atoms with E-state index in [9.17, 15) is 4.79 Å². The molecule has 0 bridgehead atoms. The van der Waals surface area contributed by atoms with E-state index in [1.54, 1.807) is 18.3 Å². The molecule has 2 N–H and O–H groups in total. The smallest absolute Gasteiger partial charge is 0.239 e. The molecule has 0 spiro atoms. The van der Waals surface area contributed by atoms with E-state index in [2.05, 4.69) is 15.6 Å². The average Bonchev–Trinajstić information content (AvgIpc) is 2.25. The summed E-state index contributed by atoms with van der Waals surface area (Å²) in [7, 11) is 0. The van der Waals surface area contributed by atoms with Crippen molar-refractivity contribution in [1.29, 1.82) is 0 Å². The Labute approximate surface area is 94.0 Å². The zero-order valence-corrected chi connectivity index (χ0v) is 9.34. The topological polar surface area (TPSA) is 54.0 Å². The second-order valence-electron chi connectivity index (χ2n) is 3.04. The first kappa shape index (κ1) is 11.8. The zero-order chi connectivity index (χ0) is 11.1. The van der Waals surface area contributed by atoms with Gasteiger partial charge in [-0.25, -0.2) is 4.98 Å². The summed E-state index contributed by atoms with van der Waals surface area (Å²) in [6.07, 6.45) is 2.55. The minimum atomic E-state index is -0.0569. The Hall–Kier alpha value is -1.29. The van der Waals surface area contributed by atoms with Crippen LogP contribution in [0.2, 0.25) is 5.02 Å². The van der Waals surface area contributed by atoms with Gasteiger partial charge < -0.3 is 10.6 Å². The Morgan fingerprint density at radius 2 is 2.40 bits per heavy atom. The zero-order valence-electron chi connectivity index (χ0n) is 8.59. The molecule has 1 rings (SSSR count). The van der Waals surface area contributed by atoms with Gasteiger partial charge in [-0.1, -0.05) is 18.5 Å². The third kappa shape index (κ3) is 4.16. The van der Waals surface area contributed by atoms with Gasteiger partial charge in [-0.3, -0.25) is 4.79 Å². The molecule has 5 heteroatoms. The highest BCUT2D eigenvalue weighted by Gasteiger charge is 2.02. The first-order chi connectivity index (χ1) is 7.24. The van der Waals surface area contributed by atoms with Gasteiger partial charge in [0.25, 0.3) is 0 Å². The summed E-state index contributed by atoms with van der Waals surface area (Å²) < 4.78 is 0. The highest BCUT2D eigenvalue weighted by Crippen LogP contribution is 2.16. The maximum atomic E-state index is 11.2. The van der Waals surface area contributed by atoms with Crippen molar-refractivity contribution in [3.05, 3.63) is 23.4 Å². The van der Waals surface area contributed by atoms with Gasteiger partial charge in [0.15, 0.2) is 0 Å².